The number of nitrogens with zero attached hydrogens (tertiary/aromatic N) is 2. The summed E-state index contributed by atoms with van der Waals surface area (Å²) in [6.45, 7) is 7.39. The van der Waals surface area contributed by atoms with Gasteiger partial charge in [0, 0.05) is 49.9 Å². The Morgan fingerprint density at radius 1 is 0.974 bits per heavy atom. The molecule has 0 saturated carbocycles. The maximum atomic E-state index is 13.5. The van der Waals surface area contributed by atoms with Crippen LogP contribution in [0.15, 0.2) is 78.5 Å². The SMILES string of the molecule is CC(=O)Nc1ccccc1C1CCN(C(=C=O)CCN(C(=O)c2ccccc2)c2ccc(C)cc2C)CC1. The molecule has 0 spiro atoms. The molecule has 2 amide bonds. The van der Waals surface area contributed by atoms with E-state index in [1.165, 1.54) is 6.92 Å². The minimum atomic E-state index is -0.0870. The highest BCUT2D eigenvalue weighted by Crippen LogP contribution is 2.34. The molecule has 0 unspecified atom stereocenters. The van der Waals surface area contributed by atoms with Crippen molar-refractivity contribution < 1.29 is 14.4 Å². The fourth-order valence-corrected chi connectivity index (χ4v) is 5.28. The monoisotopic (exact) mass is 509 g/mol. The molecule has 0 aliphatic carbocycles. The normalized spacial score (nSPS) is 13.5. The Labute approximate surface area is 225 Å². The fraction of sp³-hybridized carbons (Fsp3) is 0.312. The molecule has 6 heteroatoms. The van der Waals surface area contributed by atoms with Crippen LogP contribution in [0.4, 0.5) is 11.4 Å². The van der Waals surface area contributed by atoms with E-state index in [9.17, 15) is 14.4 Å². The number of benzene rings is 3. The number of hydrogen-bond acceptors (Lipinski definition) is 4. The molecule has 38 heavy (non-hydrogen) atoms. The third-order valence-electron chi connectivity index (χ3n) is 7.19. The first-order valence-electron chi connectivity index (χ1n) is 13.2. The second kappa shape index (κ2) is 12.4. The van der Waals surface area contributed by atoms with Gasteiger partial charge >= 0.3 is 0 Å². The van der Waals surface area contributed by atoms with Crippen LogP contribution < -0.4 is 10.2 Å². The van der Waals surface area contributed by atoms with Crippen LogP contribution in [0.2, 0.25) is 0 Å². The summed E-state index contributed by atoms with van der Waals surface area (Å²) in [7, 11) is 0. The average molecular weight is 510 g/mol. The van der Waals surface area contributed by atoms with Crippen LogP contribution in [-0.4, -0.2) is 42.3 Å². The van der Waals surface area contributed by atoms with E-state index in [4.69, 9.17) is 0 Å². The van der Waals surface area contributed by atoms with Crippen LogP contribution in [0.5, 0.6) is 0 Å². The number of piperidine rings is 1. The Morgan fingerprint density at radius 2 is 1.66 bits per heavy atom. The zero-order valence-electron chi connectivity index (χ0n) is 22.4. The van der Waals surface area contributed by atoms with E-state index in [0.29, 0.717) is 30.1 Å². The molecular formula is C32H35N3O3. The van der Waals surface area contributed by atoms with Crippen molar-refractivity contribution in [2.24, 2.45) is 0 Å². The third-order valence-corrected chi connectivity index (χ3v) is 7.19. The lowest BCUT2D eigenvalue weighted by Gasteiger charge is -2.35. The molecule has 0 aromatic heterocycles. The van der Waals surface area contributed by atoms with E-state index in [0.717, 1.165) is 54.0 Å². The Morgan fingerprint density at radius 3 is 2.32 bits per heavy atom. The molecular weight excluding hydrogens is 474 g/mol. The summed E-state index contributed by atoms with van der Waals surface area (Å²) < 4.78 is 0. The first-order valence-corrected chi connectivity index (χ1v) is 13.2. The topological polar surface area (TPSA) is 69.7 Å². The number of amides is 2. The summed E-state index contributed by atoms with van der Waals surface area (Å²) in [6, 6.07) is 23.2. The van der Waals surface area contributed by atoms with Crippen LogP contribution in [0.25, 0.3) is 0 Å². The molecule has 3 aromatic rings. The molecule has 0 radical (unpaired) electrons. The zero-order valence-corrected chi connectivity index (χ0v) is 22.4. The minimum Gasteiger partial charge on any atom is -0.366 e. The maximum Gasteiger partial charge on any atom is 0.258 e. The van der Waals surface area contributed by atoms with Crippen molar-refractivity contribution in [3.8, 4) is 0 Å². The quantitative estimate of drug-likeness (QED) is 0.384. The van der Waals surface area contributed by atoms with Crippen molar-refractivity contribution in [2.45, 2.75) is 46.0 Å². The predicted molar refractivity (Wildman–Crippen MR) is 152 cm³/mol. The third kappa shape index (κ3) is 6.39. The van der Waals surface area contributed by atoms with Crippen molar-refractivity contribution in [3.05, 3.63) is 101 Å². The first kappa shape index (κ1) is 26.9. The molecule has 3 aromatic carbocycles. The Balaban J connectivity index is 1.47. The van der Waals surface area contributed by atoms with Crippen LogP contribution in [0.3, 0.4) is 0 Å². The van der Waals surface area contributed by atoms with Crippen molar-refractivity contribution in [1.29, 1.82) is 0 Å². The van der Waals surface area contributed by atoms with E-state index in [1.54, 1.807) is 4.90 Å². The number of anilines is 2. The van der Waals surface area contributed by atoms with Gasteiger partial charge in [-0.2, -0.15) is 0 Å². The average Bonchev–Trinajstić information content (AvgIpc) is 2.92. The van der Waals surface area contributed by atoms with E-state index in [2.05, 4.69) is 28.3 Å². The molecule has 1 saturated heterocycles. The van der Waals surface area contributed by atoms with E-state index < -0.39 is 0 Å². The van der Waals surface area contributed by atoms with Gasteiger partial charge in [-0.05, 0) is 68.0 Å². The fourth-order valence-electron chi connectivity index (χ4n) is 5.28. The molecule has 1 heterocycles. The lowest BCUT2D eigenvalue weighted by atomic mass is 9.88. The molecule has 1 aliphatic heterocycles. The smallest absolute Gasteiger partial charge is 0.258 e. The first-order chi connectivity index (χ1) is 18.4. The molecule has 4 rings (SSSR count). The molecule has 1 fully saturated rings. The number of aryl methyl sites for hydroxylation is 2. The zero-order chi connectivity index (χ0) is 27.1. The predicted octanol–water partition coefficient (Wildman–Crippen LogP) is 5.89. The van der Waals surface area contributed by atoms with E-state index >= 15 is 0 Å². The van der Waals surface area contributed by atoms with Gasteiger partial charge in [0.1, 0.15) is 11.6 Å². The lowest BCUT2D eigenvalue weighted by Crippen LogP contribution is -2.37. The summed E-state index contributed by atoms with van der Waals surface area (Å²) in [6.07, 6.45) is 2.15. The van der Waals surface area contributed by atoms with Crippen molar-refractivity contribution in [2.75, 3.05) is 29.9 Å². The summed E-state index contributed by atoms with van der Waals surface area (Å²) >= 11 is 0. The second-order valence-corrected chi connectivity index (χ2v) is 9.94. The van der Waals surface area contributed by atoms with Gasteiger partial charge in [-0.15, -0.1) is 0 Å². The number of carbonyl (C=O) groups is 2. The highest BCUT2D eigenvalue weighted by molar-refractivity contribution is 6.06. The van der Waals surface area contributed by atoms with Gasteiger partial charge in [0.05, 0.1) is 0 Å². The molecule has 1 N–H and O–H groups in total. The van der Waals surface area contributed by atoms with Crippen molar-refractivity contribution in [3.63, 3.8) is 0 Å². The van der Waals surface area contributed by atoms with Crippen molar-refractivity contribution >= 4 is 29.1 Å². The van der Waals surface area contributed by atoms with Gasteiger partial charge in [-0.25, -0.2) is 4.79 Å². The Kier molecular flexibility index (Phi) is 8.77. The molecule has 0 atom stereocenters. The van der Waals surface area contributed by atoms with Gasteiger partial charge in [0.15, 0.2) is 0 Å². The van der Waals surface area contributed by atoms with Crippen LogP contribution >= 0.6 is 0 Å². The van der Waals surface area contributed by atoms with E-state index in [-0.39, 0.29) is 11.8 Å². The van der Waals surface area contributed by atoms with Gasteiger partial charge in [0.2, 0.25) is 5.91 Å². The Hall–Kier alpha value is -4.15. The molecule has 6 nitrogen and oxygen atoms in total. The Bertz CT molecular complexity index is 1340. The summed E-state index contributed by atoms with van der Waals surface area (Å²) in [5, 5.41) is 2.94. The number of nitrogens with one attached hydrogen (secondary N) is 1. The van der Waals surface area contributed by atoms with Gasteiger partial charge in [0.25, 0.3) is 5.91 Å². The molecule has 0 bridgehead atoms. The molecule has 196 valence electrons. The number of likely N-dealkylation sites (tertiary alicyclic amines) is 1. The second-order valence-electron chi connectivity index (χ2n) is 9.94. The summed E-state index contributed by atoms with van der Waals surface area (Å²) in [5.41, 5.74) is 6.20. The number of para-hydroxylation sites is 1. The van der Waals surface area contributed by atoms with E-state index in [1.807, 2.05) is 74.5 Å². The highest BCUT2D eigenvalue weighted by Gasteiger charge is 2.26. The number of hydrogen-bond donors (Lipinski definition) is 1. The number of rotatable bonds is 8. The van der Waals surface area contributed by atoms with Crippen LogP contribution in [0.1, 0.15) is 59.2 Å². The van der Waals surface area contributed by atoms with Crippen LogP contribution in [-0.2, 0) is 9.59 Å². The van der Waals surface area contributed by atoms with Crippen molar-refractivity contribution in [1.82, 2.24) is 4.90 Å². The highest BCUT2D eigenvalue weighted by atomic mass is 16.2. The lowest BCUT2D eigenvalue weighted by molar-refractivity contribution is -0.114. The molecule has 1 aliphatic rings. The number of carbonyl (C=O) groups excluding carboxylic acids is 3. The summed E-state index contributed by atoms with van der Waals surface area (Å²) in [4.78, 5) is 41.1. The van der Waals surface area contributed by atoms with Crippen LogP contribution in [0, 0.1) is 13.8 Å². The largest absolute Gasteiger partial charge is 0.366 e. The maximum absolute atomic E-state index is 13.5. The minimum absolute atomic E-state index is 0.0838. The van der Waals surface area contributed by atoms with Gasteiger partial charge in [-0.1, -0.05) is 54.1 Å². The van der Waals surface area contributed by atoms with Gasteiger partial charge in [-0.3, -0.25) is 9.59 Å². The van der Waals surface area contributed by atoms with Gasteiger partial charge < -0.3 is 15.1 Å². The summed E-state index contributed by atoms with van der Waals surface area (Å²) in [5.74, 6) is 2.30. The standard InChI is InChI=1S/C32H35N3O3/c1-23-13-14-31(24(2)21-23)35(32(38)27-9-5-4-6-10-27)20-17-28(22-36)34-18-15-26(16-19-34)29-11-7-8-12-30(29)33-25(3)37/h4-14,21,26H,15-20H2,1-3H3,(H,33,37).